The van der Waals surface area contributed by atoms with E-state index >= 15 is 0 Å². The van der Waals surface area contributed by atoms with E-state index in [9.17, 15) is 4.79 Å². The van der Waals surface area contributed by atoms with E-state index in [1.54, 1.807) is 19.1 Å². The fourth-order valence-corrected chi connectivity index (χ4v) is 5.01. The molecule has 6 nitrogen and oxygen atoms in total. The minimum Gasteiger partial charge on any atom is -0.497 e. The Morgan fingerprint density at radius 2 is 1.37 bits per heavy atom. The summed E-state index contributed by atoms with van der Waals surface area (Å²) >= 11 is 5.72. The summed E-state index contributed by atoms with van der Waals surface area (Å²) in [7, 11) is 3.23. The normalized spacial score (nSPS) is 19.3. The molecule has 1 saturated carbocycles. The van der Waals surface area contributed by atoms with Crippen LogP contribution in [0.25, 0.3) is 0 Å². The first-order valence-corrected chi connectivity index (χ1v) is 10.7. The number of hydrogen-bond donors (Lipinski definition) is 1. The summed E-state index contributed by atoms with van der Waals surface area (Å²) in [6.45, 7) is 0. The molecule has 1 heterocycles. The first-order valence-electron chi connectivity index (χ1n) is 10.3. The largest absolute Gasteiger partial charge is 0.497 e. The first kappa shape index (κ1) is 20.6. The van der Waals surface area contributed by atoms with E-state index in [0.717, 1.165) is 36.8 Å². The lowest BCUT2D eigenvalue weighted by atomic mass is 9.81. The van der Waals surface area contributed by atoms with Crippen LogP contribution in [0.3, 0.4) is 0 Å². The Bertz CT molecular complexity index is 876. The van der Waals surface area contributed by atoms with E-state index in [0.29, 0.717) is 16.6 Å². The van der Waals surface area contributed by atoms with Gasteiger partial charge in [-0.2, -0.15) is 0 Å². The minimum atomic E-state index is -1.23. The lowest BCUT2D eigenvalue weighted by Gasteiger charge is -2.34. The number of amides is 1. The molecule has 0 unspecified atom stereocenters. The van der Waals surface area contributed by atoms with Gasteiger partial charge in [-0.3, -0.25) is 14.7 Å². The molecule has 0 radical (unpaired) electrons. The van der Waals surface area contributed by atoms with Gasteiger partial charge in [0.1, 0.15) is 11.5 Å². The van der Waals surface area contributed by atoms with E-state index < -0.39 is 5.54 Å². The molecule has 2 N–H and O–H groups in total. The number of carbonyl (C=O) groups is 1. The van der Waals surface area contributed by atoms with Crippen molar-refractivity contribution in [1.29, 1.82) is 0 Å². The van der Waals surface area contributed by atoms with Crippen LogP contribution in [0, 0.1) is 0 Å². The van der Waals surface area contributed by atoms with Crippen LogP contribution in [0.2, 0.25) is 0 Å². The number of hydrazine groups is 1. The fourth-order valence-electron chi connectivity index (χ4n) is 4.64. The van der Waals surface area contributed by atoms with E-state index in [4.69, 9.17) is 27.5 Å². The van der Waals surface area contributed by atoms with Crippen LogP contribution in [0.4, 0.5) is 0 Å². The number of hydrogen-bond acceptors (Lipinski definition) is 5. The third kappa shape index (κ3) is 3.13. The number of nitrogens with zero attached hydrogens (tertiary/aromatic N) is 2. The van der Waals surface area contributed by atoms with Gasteiger partial charge in [-0.1, -0.05) is 43.5 Å². The second-order valence-electron chi connectivity index (χ2n) is 7.79. The topological polar surface area (TPSA) is 68.0 Å². The van der Waals surface area contributed by atoms with E-state index in [1.165, 1.54) is 11.4 Å². The smallest absolute Gasteiger partial charge is 0.265 e. The van der Waals surface area contributed by atoms with Crippen LogP contribution < -0.4 is 15.3 Å². The van der Waals surface area contributed by atoms with Crippen molar-refractivity contribution in [3.8, 4) is 11.5 Å². The highest BCUT2D eigenvalue weighted by atomic mass is 32.1. The van der Waals surface area contributed by atoms with Crippen LogP contribution in [-0.2, 0) is 10.3 Å². The molecule has 1 aliphatic heterocycles. The zero-order valence-corrected chi connectivity index (χ0v) is 18.2. The van der Waals surface area contributed by atoms with Crippen LogP contribution in [0.5, 0.6) is 11.5 Å². The van der Waals surface area contributed by atoms with Gasteiger partial charge in [-0.15, -0.1) is 0 Å². The number of thiocarbonyl (C=S) groups is 1. The van der Waals surface area contributed by atoms with Gasteiger partial charge in [0.25, 0.3) is 5.91 Å². The zero-order valence-electron chi connectivity index (χ0n) is 17.3. The van der Waals surface area contributed by atoms with E-state index in [1.807, 2.05) is 48.5 Å². The molecule has 0 spiro atoms. The molecule has 0 aromatic heterocycles. The Labute approximate surface area is 182 Å². The van der Waals surface area contributed by atoms with Crippen LogP contribution in [-0.4, -0.2) is 41.2 Å². The van der Waals surface area contributed by atoms with Gasteiger partial charge < -0.3 is 9.47 Å². The maximum absolute atomic E-state index is 14.1. The number of carbonyl (C=O) groups excluding carboxylic acids is 1. The summed E-state index contributed by atoms with van der Waals surface area (Å²) in [5.74, 6) is 7.94. The third-order valence-electron chi connectivity index (χ3n) is 6.26. The lowest BCUT2D eigenvalue weighted by molar-refractivity contribution is -0.133. The quantitative estimate of drug-likeness (QED) is 0.583. The van der Waals surface area contributed by atoms with Crippen molar-refractivity contribution in [2.75, 3.05) is 14.2 Å². The number of ether oxygens (including phenoxy) is 2. The third-order valence-corrected chi connectivity index (χ3v) is 6.65. The summed E-state index contributed by atoms with van der Waals surface area (Å²) in [5.41, 5.74) is 0.274. The maximum Gasteiger partial charge on any atom is 0.265 e. The second-order valence-corrected chi connectivity index (χ2v) is 8.15. The van der Waals surface area contributed by atoms with E-state index in [2.05, 4.69) is 0 Å². The molecular formula is C23H27N3O3S. The second kappa shape index (κ2) is 8.24. The van der Waals surface area contributed by atoms with Gasteiger partial charge in [0.05, 0.1) is 14.2 Å². The van der Waals surface area contributed by atoms with Crippen molar-refractivity contribution in [3.05, 3.63) is 59.7 Å². The predicted molar refractivity (Wildman–Crippen MR) is 119 cm³/mol. The molecule has 1 amide bonds. The molecule has 2 aromatic rings. The standard InChI is InChI=1S/C23H27N3O3S/c1-28-19-12-8-16(9-13-19)23(17-10-14-20(29-2)15-11-17)21(27)25(22(30)26(23)24)18-6-4-3-5-7-18/h8-15,18H,3-7,24H2,1-2H3. The molecule has 1 aliphatic carbocycles. The number of benzene rings is 2. The molecule has 0 atom stereocenters. The molecule has 4 rings (SSSR count). The molecule has 1 saturated heterocycles. The summed E-state index contributed by atoms with van der Waals surface area (Å²) in [6.07, 6.45) is 5.28. The summed E-state index contributed by atoms with van der Waals surface area (Å²) in [4.78, 5) is 15.9. The Morgan fingerprint density at radius 1 is 0.900 bits per heavy atom. The van der Waals surface area contributed by atoms with Gasteiger partial charge >= 0.3 is 0 Å². The molecule has 2 fully saturated rings. The summed E-state index contributed by atoms with van der Waals surface area (Å²) < 4.78 is 10.6. The van der Waals surface area contributed by atoms with Crippen LogP contribution in [0.1, 0.15) is 43.2 Å². The maximum atomic E-state index is 14.1. The van der Waals surface area contributed by atoms with Crippen molar-refractivity contribution in [3.63, 3.8) is 0 Å². The van der Waals surface area contributed by atoms with Gasteiger partial charge in [-0.25, -0.2) is 5.84 Å². The molecule has 0 bridgehead atoms. The highest BCUT2D eigenvalue weighted by Gasteiger charge is 2.58. The molecule has 158 valence electrons. The van der Waals surface area contributed by atoms with Crippen LogP contribution >= 0.6 is 12.2 Å². The Morgan fingerprint density at radius 3 is 1.80 bits per heavy atom. The minimum absolute atomic E-state index is 0.0863. The van der Waals surface area contributed by atoms with Crippen molar-refractivity contribution < 1.29 is 14.3 Å². The molecule has 30 heavy (non-hydrogen) atoms. The fraction of sp³-hybridized carbons (Fsp3) is 0.391. The Balaban J connectivity index is 1.87. The number of rotatable bonds is 5. The molecule has 2 aromatic carbocycles. The number of methoxy groups -OCH3 is 2. The average molecular weight is 426 g/mol. The van der Waals surface area contributed by atoms with E-state index in [-0.39, 0.29) is 11.9 Å². The average Bonchev–Trinajstić information content (AvgIpc) is 3.00. The molecule has 7 heteroatoms. The molecule has 2 aliphatic rings. The predicted octanol–water partition coefficient (Wildman–Crippen LogP) is 3.58. The van der Waals surface area contributed by atoms with Gasteiger partial charge in [0.15, 0.2) is 10.7 Å². The van der Waals surface area contributed by atoms with Gasteiger partial charge in [0, 0.05) is 6.04 Å². The van der Waals surface area contributed by atoms with Crippen molar-refractivity contribution in [2.45, 2.75) is 43.7 Å². The summed E-state index contributed by atoms with van der Waals surface area (Å²) in [5, 5.41) is 1.83. The van der Waals surface area contributed by atoms with Crippen molar-refractivity contribution in [1.82, 2.24) is 9.91 Å². The van der Waals surface area contributed by atoms with Crippen LogP contribution in [0.15, 0.2) is 48.5 Å². The SMILES string of the molecule is COc1ccc(C2(c3ccc(OC)cc3)C(=O)N(C3CCCCC3)C(=S)N2N)cc1. The highest BCUT2D eigenvalue weighted by molar-refractivity contribution is 7.80. The first-order chi connectivity index (χ1) is 14.5. The monoisotopic (exact) mass is 425 g/mol. The molecular weight excluding hydrogens is 398 g/mol. The zero-order chi connectivity index (χ0) is 21.3. The lowest BCUT2D eigenvalue weighted by Crippen LogP contribution is -2.51. The van der Waals surface area contributed by atoms with Crippen molar-refractivity contribution >= 4 is 23.2 Å². The number of nitrogens with two attached hydrogens (primary N) is 1. The highest BCUT2D eigenvalue weighted by Crippen LogP contribution is 2.44. The summed E-state index contributed by atoms with van der Waals surface area (Å²) in [6, 6.07) is 15.0. The van der Waals surface area contributed by atoms with Gasteiger partial charge in [0.2, 0.25) is 0 Å². The van der Waals surface area contributed by atoms with Gasteiger partial charge in [-0.05, 0) is 60.5 Å². The Kier molecular flexibility index (Phi) is 5.66. The Hall–Kier alpha value is -2.64. The van der Waals surface area contributed by atoms with Crippen molar-refractivity contribution in [2.24, 2.45) is 5.84 Å².